The van der Waals surface area contributed by atoms with Crippen molar-refractivity contribution in [2.75, 3.05) is 25.7 Å². The number of amides is 1. The largest absolute Gasteiger partial charge is 0.496 e. The maximum Gasteiger partial charge on any atom is 0.265 e. The molecule has 0 radical (unpaired) electrons. The minimum Gasteiger partial charge on any atom is -0.496 e. The van der Waals surface area contributed by atoms with E-state index in [0.29, 0.717) is 35.4 Å². The van der Waals surface area contributed by atoms with Crippen LogP contribution in [0.2, 0.25) is 0 Å². The van der Waals surface area contributed by atoms with Gasteiger partial charge in [0.05, 0.1) is 37.7 Å². The Bertz CT molecular complexity index is 1040. The molecule has 0 aliphatic carbocycles. The summed E-state index contributed by atoms with van der Waals surface area (Å²) in [5.74, 6) is 2.28. The Kier molecular flexibility index (Phi) is 4.84. The fraction of sp³-hybridized carbons (Fsp3) is 0.286. The van der Waals surface area contributed by atoms with Crippen molar-refractivity contribution in [2.24, 2.45) is 0 Å². The molecule has 1 aromatic carbocycles. The monoisotopic (exact) mass is 395 g/mol. The van der Waals surface area contributed by atoms with E-state index >= 15 is 0 Å². The number of ether oxygens (including phenoxy) is 3. The fourth-order valence-electron chi connectivity index (χ4n) is 3.44. The van der Waals surface area contributed by atoms with Crippen LogP contribution >= 0.6 is 0 Å². The molecule has 3 heterocycles. The van der Waals surface area contributed by atoms with Gasteiger partial charge in [0.2, 0.25) is 5.88 Å². The summed E-state index contributed by atoms with van der Waals surface area (Å²) in [6, 6.07) is 7.32. The highest BCUT2D eigenvalue weighted by Gasteiger charge is 2.29. The van der Waals surface area contributed by atoms with E-state index in [0.717, 1.165) is 22.4 Å². The molecular weight excluding hydrogens is 374 g/mol. The minimum atomic E-state index is -0.138. The molecule has 0 bridgehead atoms. The molecule has 1 aliphatic rings. The molecule has 8 heteroatoms. The lowest BCUT2D eigenvalue weighted by Gasteiger charge is -2.30. The third kappa shape index (κ3) is 3.37. The molecule has 0 saturated carbocycles. The second-order valence-corrected chi connectivity index (χ2v) is 6.70. The Balaban J connectivity index is 1.75. The molecular formula is C21H21N3O5. The first kappa shape index (κ1) is 18.8. The van der Waals surface area contributed by atoms with Gasteiger partial charge in [-0.2, -0.15) is 0 Å². The lowest BCUT2D eigenvalue weighted by Crippen LogP contribution is -2.38. The third-order valence-corrected chi connectivity index (χ3v) is 4.87. The summed E-state index contributed by atoms with van der Waals surface area (Å²) in [7, 11) is 3.15. The van der Waals surface area contributed by atoms with Gasteiger partial charge in [-0.1, -0.05) is 11.2 Å². The number of anilines is 1. The van der Waals surface area contributed by atoms with E-state index in [9.17, 15) is 4.79 Å². The standard InChI is InChI=1S/C21H21N3O5/c1-12-21(13(2)29-23-12)15-7-18-16(8-17(15)26-3)24(20(25)11-28-18)10-14-5-6-19(27-4)22-9-14/h5-9H,10-11H2,1-4H3. The normalized spacial score (nSPS) is 13.1. The van der Waals surface area contributed by atoms with Crippen LogP contribution in [0.15, 0.2) is 35.0 Å². The molecule has 150 valence electrons. The highest BCUT2D eigenvalue weighted by atomic mass is 16.5. The lowest BCUT2D eigenvalue weighted by atomic mass is 10.0. The van der Waals surface area contributed by atoms with Gasteiger partial charge >= 0.3 is 0 Å². The number of carbonyl (C=O) groups excluding carboxylic acids is 1. The molecule has 3 aromatic rings. The van der Waals surface area contributed by atoms with E-state index in [1.165, 1.54) is 0 Å². The van der Waals surface area contributed by atoms with Crippen molar-refractivity contribution >= 4 is 11.6 Å². The summed E-state index contributed by atoms with van der Waals surface area (Å²) in [6.45, 7) is 4.05. The topological polar surface area (TPSA) is 86.9 Å². The molecule has 0 atom stereocenters. The highest BCUT2D eigenvalue weighted by molar-refractivity contribution is 5.99. The Hall–Kier alpha value is -3.55. The Morgan fingerprint density at radius 1 is 1.17 bits per heavy atom. The summed E-state index contributed by atoms with van der Waals surface area (Å²) >= 11 is 0. The number of aromatic nitrogens is 2. The second-order valence-electron chi connectivity index (χ2n) is 6.70. The summed E-state index contributed by atoms with van der Waals surface area (Å²) in [6.07, 6.45) is 1.69. The van der Waals surface area contributed by atoms with Crippen LogP contribution in [0.4, 0.5) is 5.69 Å². The molecule has 8 nitrogen and oxygen atoms in total. The van der Waals surface area contributed by atoms with E-state index in [1.807, 2.05) is 32.0 Å². The zero-order chi connectivity index (χ0) is 20.5. The zero-order valence-electron chi connectivity index (χ0n) is 16.7. The van der Waals surface area contributed by atoms with Gasteiger partial charge in [-0.25, -0.2) is 4.98 Å². The lowest BCUT2D eigenvalue weighted by molar-refractivity contribution is -0.121. The summed E-state index contributed by atoms with van der Waals surface area (Å²) in [4.78, 5) is 18.5. The molecule has 1 amide bonds. The Labute approximate surface area is 168 Å². The smallest absolute Gasteiger partial charge is 0.265 e. The van der Waals surface area contributed by atoms with E-state index in [4.69, 9.17) is 18.7 Å². The molecule has 0 spiro atoms. The number of carbonyl (C=O) groups is 1. The molecule has 4 rings (SSSR count). The van der Waals surface area contributed by atoms with Crippen LogP contribution < -0.4 is 19.1 Å². The van der Waals surface area contributed by atoms with Crippen LogP contribution in [0, 0.1) is 13.8 Å². The summed E-state index contributed by atoms with van der Waals surface area (Å²) < 4.78 is 21.7. The Morgan fingerprint density at radius 2 is 2.00 bits per heavy atom. The van der Waals surface area contributed by atoms with E-state index in [1.54, 1.807) is 31.4 Å². The van der Waals surface area contributed by atoms with Crippen LogP contribution in [-0.2, 0) is 11.3 Å². The number of rotatable bonds is 5. The number of nitrogens with zero attached hydrogens (tertiary/aromatic N) is 3. The SMILES string of the molecule is COc1ccc(CN2C(=O)COc3cc(-c4c(C)noc4C)c(OC)cc32)cn1. The van der Waals surface area contributed by atoms with Gasteiger partial charge in [-0.05, 0) is 25.5 Å². The quantitative estimate of drug-likeness (QED) is 0.655. The molecule has 1 aliphatic heterocycles. The van der Waals surface area contributed by atoms with Gasteiger partial charge < -0.3 is 23.6 Å². The van der Waals surface area contributed by atoms with Crippen LogP contribution in [0.5, 0.6) is 17.4 Å². The minimum absolute atomic E-state index is 0.0377. The predicted molar refractivity (Wildman–Crippen MR) is 105 cm³/mol. The third-order valence-electron chi connectivity index (χ3n) is 4.87. The maximum atomic E-state index is 12.6. The molecule has 0 fully saturated rings. The van der Waals surface area contributed by atoms with Crippen molar-refractivity contribution in [1.82, 2.24) is 10.1 Å². The van der Waals surface area contributed by atoms with Crippen LogP contribution in [0.3, 0.4) is 0 Å². The number of pyridine rings is 1. The number of hydrogen-bond donors (Lipinski definition) is 0. The van der Waals surface area contributed by atoms with Crippen LogP contribution in [0.25, 0.3) is 11.1 Å². The zero-order valence-corrected chi connectivity index (χ0v) is 16.7. The van der Waals surface area contributed by atoms with Gasteiger partial charge in [0.25, 0.3) is 5.91 Å². The Morgan fingerprint density at radius 3 is 2.62 bits per heavy atom. The van der Waals surface area contributed by atoms with E-state index in [-0.39, 0.29) is 12.5 Å². The van der Waals surface area contributed by atoms with Crippen molar-refractivity contribution in [2.45, 2.75) is 20.4 Å². The van der Waals surface area contributed by atoms with Crippen molar-refractivity contribution in [3.05, 3.63) is 47.5 Å². The molecule has 29 heavy (non-hydrogen) atoms. The second kappa shape index (κ2) is 7.46. The molecule has 0 saturated heterocycles. The van der Waals surface area contributed by atoms with Gasteiger partial charge in [0.1, 0.15) is 17.3 Å². The number of methoxy groups -OCH3 is 2. The summed E-state index contributed by atoms with van der Waals surface area (Å²) in [5, 5.41) is 4.02. The first-order valence-electron chi connectivity index (χ1n) is 9.09. The molecule has 2 aromatic heterocycles. The van der Waals surface area contributed by atoms with Crippen LogP contribution in [0.1, 0.15) is 17.0 Å². The van der Waals surface area contributed by atoms with Gasteiger partial charge in [0.15, 0.2) is 6.61 Å². The highest BCUT2D eigenvalue weighted by Crippen LogP contribution is 2.44. The van der Waals surface area contributed by atoms with Crippen molar-refractivity contribution < 1.29 is 23.5 Å². The average molecular weight is 395 g/mol. The number of aryl methyl sites for hydroxylation is 2. The van der Waals surface area contributed by atoms with Crippen LogP contribution in [-0.4, -0.2) is 36.9 Å². The molecule has 0 unspecified atom stereocenters. The van der Waals surface area contributed by atoms with Gasteiger partial charge in [0, 0.05) is 23.9 Å². The average Bonchev–Trinajstić information content (AvgIpc) is 3.07. The summed E-state index contributed by atoms with van der Waals surface area (Å²) in [5.41, 5.74) is 3.94. The van der Waals surface area contributed by atoms with Crippen molar-refractivity contribution in [3.8, 4) is 28.5 Å². The predicted octanol–water partition coefficient (Wildman–Crippen LogP) is 3.30. The van der Waals surface area contributed by atoms with Gasteiger partial charge in [-0.3, -0.25) is 4.79 Å². The van der Waals surface area contributed by atoms with E-state index in [2.05, 4.69) is 10.1 Å². The van der Waals surface area contributed by atoms with Crippen molar-refractivity contribution in [3.63, 3.8) is 0 Å². The number of benzene rings is 1. The van der Waals surface area contributed by atoms with Crippen molar-refractivity contribution in [1.29, 1.82) is 0 Å². The van der Waals surface area contributed by atoms with Gasteiger partial charge in [-0.15, -0.1) is 0 Å². The number of fused-ring (bicyclic) bond motifs is 1. The fourth-order valence-corrected chi connectivity index (χ4v) is 3.44. The van der Waals surface area contributed by atoms with E-state index < -0.39 is 0 Å². The first-order valence-corrected chi connectivity index (χ1v) is 9.09. The number of hydrogen-bond acceptors (Lipinski definition) is 7. The maximum absolute atomic E-state index is 12.6. The molecule has 0 N–H and O–H groups in total. The first-order chi connectivity index (χ1) is 14.0.